The first-order valence-corrected chi connectivity index (χ1v) is 7.66. The predicted molar refractivity (Wildman–Crippen MR) is 77.9 cm³/mol. The van der Waals surface area contributed by atoms with Gasteiger partial charge in [-0.1, -0.05) is 11.6 Å². The highest BCUT2D eigenvalue weighted by molar-refractivity contribution is 7.90. The molecule has 1 unspecified atom stereocenters. The molecule has 0 saturated carbocycles. The van der Waals surface area contributed by atoms with E-state index >= 15 is 0 Å². The quantitative estimate of drug-likeness (QED) is 0.796. The Morgan fingerprint density at radius 2 is 2.11 bits per heavy atom. The second-order valence-electron chi connectivity index (χ2n) is 5.29. The molecular formula is C13H20ClFN2OS. The maximum absolute atomic E-state index is 13.1. The van der Waals surface area contributed by atoms with E-state index in [-0.39, 0.29) is 15.8 Å². The Hall–Kier alpha value is -0.360. The molecule has 0 aliphatic carbocycles. The molecule has 0 fully saturated rings. The Labute approximate surface area is 122 Å². The van der Waals surface area contributed by atoms with Crippen molar-refractivity contribution >= 4 is 23.0 Å². The molecule has 6 heteroatoms. The smallest absolute Gasteiger partial charge is 0.160 e. The first-order chi connectivity index (χ1) is 8.68. The fraction of sp³-hybridized carbons (Fsp3) is 0.615. The SMILES string of the molecule is CCN(C(C)c1cc(Cl)c(F)cn1)[S@+]([O-])C(C)(C)C. The minimum Gasteiger partial charge on any atom is -0.597 e. The minimum atomic E-state index is -1.16. The Kier molecular flexibility index (Phi) is 5.62. The molecule has 0 aliphatic heterocycles. The number of aromatic nitrogens is 1. The Bertz CT molecular complexity index is 439. The molecule has 3 nitrogen and oxygen atoms in total. The molecule has 1 rings (SSSR count). The lowest BCUT2D eigenvalue weighted by atomic mass is 10.2. The number of halogens is 2. The van der Waals surface area contributed by atoms with Gasteiger partial charge < -0.3 is 4.55 Å². The van der Waals surface area contributed by atoms with Gasteiger partial charge in [0.15, 0.2) is 5.82 Å². The predicted octanol–water partition coefficient (Wildman–Crippen LogP) is 3.72. The first kappa shape index (κ1) is 16.7. The van der Waals surface area contributed by atoms with Crippen LogP contribution in [0.2, 0.25) is 5.02 Å². The van der Waals surface area contributed by atoms with E-state index in [2.05, 4.69) is 4.98 Å². The molecule has 1 aromatic heterocycles. The van der Waals surface area contributed by atoms with Crippen molar-refractivity contribution in [2.24, 2.45) is 0 Å². The van der Waals surface area contributed by atoms with Crippen LogP contribution in [-0.2, 0) is 11.4 Å². The molecule has 0 radical (unpaired) electrons. The summed E-state index contributed by atoms with van der Waals surface area (Å²) in [5.74, 6) is -0.544. The molecule has 0 spiro atoms. The number of hydrogen-bond donors (Lipinski definition) is 0. The monoisotopic (exact) mass is 306 g/mol. The fourth-order valence-corrected chi connectivity index (χ4v) is 3.19. The molecule has 0 aromatic carbocycles. The molecule has 19 heavy (non-hydrogen) atoms. The summed E-state index contributed by atoms with van der Waals surface area (Å²) in [7, 11) is 0. The van der Waals surface area contributed by atoms with Crippen LogP contribution in [0.15, 0.2) is 12.3 Å². The summed E-state index contributed by atoms with van der Waals surface area (Å²) in [6, 6.07) is 1.30. The van der Waals surface area contributed by atoms with E-state index in [1.54, 1.807) is 0 Å². The maximum atomic E-state index is 13.1. The maximum Gasteiger partial charge on any atom is 0.160 e. The lowest BCUT2D eigenvalue weighted by Gasteiger charge is -2.35. The Morgan fingerprint density at radius 1 is 1.53 bits per heavy atom. The zero-order valence-corrected chi connectivity index (χ0v) is 13.5. The molecular weight excluding hydrogens is 287 g/mol. The summed E-state index contributed by atoms with van der Waals surface area (Å²) in [5.41, 5.74) is 0.617. The van der Waals surface area contributed by atoms with Crippen molar-refractivity contribution in [2.75, 3.05) is 6.54 Å². The standard InChI is InChI=1S/C13H20ClFN2OS/c1-6-17(19(18)13(3,4)5)9(2)12-7-10(14)11(15)8-16-12/h7-9H,6H2,1-5H3/t9?,19-/m1/s1. The van der Waals surface area contributed by atoms with Crippen LogP contribution >= 0.6 is 11.6 Å². The van der Waals surface area contributed by atoms with E-state index in [0.29, 0.717) is 12.2 Å². The second-order valence-corrected chi connectivity index (χ2v) is 7.89. The van der Waals surface area contributed by atoms with Gasteiger partial charge in [-0.05, 0) is 40.7 Å². The highest BCUT2D eigenvalue weighted by Gasteiger charge is 2.36. The van der Waals surface area contributed by atoms with Crippen molar-refractivity contribution in [3.8, 4) is 0 Å². The lowest BCUT2D eigenvalue weighted by Crippen LogP contribution is -2.44. The normalized spacial score (nSPS) is 15.6. The van der Waals surface area contributed by atoms with E-state index in [9.17, 15) is 8.94 Å². The van der Waals surface area contributed by atoms with Gasteiger partial charge in [0.25, 0.3) is 0 Å². The van der Waals surface area contributed by atoms with Gasteiger partial charge in [0, 0.05) is 17.9 Å². The largest absolute Gasteiger partial charge is 0.597 e. The third kappa shape index (κ3) is 4.05. The summed E-state index contributed by atoms with van der Waals surface area (Å²) in [6.45, 7) is 10.2. The molecule has 0 saturated heterocycles. The minimum absolute atomic E-state index is 0.0365. The van der Waals surface area contributed by atoms with E-state index in [0.717, 1.165) is 6.20 Å². The van der Waals surface area contributed by atoms with Gasteiger partial charge in [0.2, 0.25) is 0 Å². The molecule has 1 aromatic rings. The highest BCUT2D eigenvalue weighted by atomic mass is 35.5. The molecule has 108 valence electrons. The van der Waals surface area contributed by atoms with Gasteiger partial charge in [-0.25, -0.2) is 4.39 Å². The first-order valence-electron chi connectivity index (χ1n) is 6.18. The number of pyridine rings is 1. The molecule has 0 bridgehead atoms. The van der Waals surface area contributed by atoms with E-state index < -0.39 is 17.2 Å². The zero-order valence-electron chi connectivity index (χ0n) is 11.9. The van der Waals surface area contributed by atoms with E-state index in [1.165, 1.54) is 6.07 Å². The van der Waals surface area contributed by atoms with Crippen molar-refractivity contribution in [3.05, 3.63) is 28.8 Å². The van der Waals surface area contributed by atoms with Gasteiger partial charge in [-0.15, -0.1) is 4.31 Å². The third-order valence-electron chi connectivity index (χ3n) is 2.74. The number of hydrogen-bond acceptors (Lipinski definition) is 3. The van der Waals surface area contributed by atoms with Crippen molar-refractivity contribution in [1.29, 1.82) is 0 Å². The summed E-state index contributed by atoms with van der Waals surface area (Å²) in [4.78, 5) is 4.04. The molecule has 1 heterocycles. The van der Waals surface area contributed by atoms with Crippen LogP contribution in [0.3, 0.4) is 0 Å². The van der Waals surface area contributed by atoms with Crippen LogP contribution in [0.1, 0.15) is 46.4 Å². The molecule has 2 atom stereocenters. The van der Waals surface area contributed by atoms with Gasteiger partial charge in [-0.2, -0.15) is 0 Å². The van der Waals surface area contributed by atoms with Gasteiger partial charge >= 0.3 is 0 Å². The van der Waals surface area contributed by atoms with Crippen molar-refractivity contribution in [2.45, 2.75) is 45.4 Å². The van der Waals surface area contributed by atoms with Gasteiger partial charge in [0.1, 0.15) is 4.75 Å². The van der Waals surface area contributed by atoms with Crippen molar-refractivity contribution < 1.29 is 8.94 Å². The average Bonchev–Trinajstić information content (AvgIpc) is 2.32. The fourth-order valence-electron chi connectivity index (χ4n) is 1.69. The highest BCUT2D eigenvalue weighted by Crippen LogP contribution is 2.29. The molecule has 0 amide bonds. The van der Waals surface area contributed by atoms with Crippen LogP contribution in [0.4, 0.5) is 4.39 Å². The lowest BCUT2D eigenvalue weighted by molar-refractivity contribution is 0.339. The Balaban J connectivity index is 3.01. The summed E-state index contributed by atoms with van der Waals surface area (Å²) < 4.78 is 27.1. The van der Waals surface area contributed by atoms with Crippen LogP contribution in [-0.4, -0.2) is 25.1 Å². The topological polar surface area (TPSA) is 39.2 Å². The average molecular weight is 307 g/mol. The zero-order chi connectivity index (χ0) is 14.8. The Morgan fingerprint density at radius 3 is 2.53 bits per heavy atom. The summed E-state index contributed by atoms with van der Waals surface area (Å²) >= 11 is 4.60. The molecule has 0 N–H and O–H groups in total. The summed E-state index contributed by atoms with van der Waals surface area (Å²) in [5, 5.41) is 0.0365. The van der Waals surface area contributed by atoms with E-state index in [1.807, 2.05) is 38.9 Å². The van der Waals surface area contributed by atoms with Crippen molar-refractivity contribution in [3.63, 3.8) is 0 Å². The summed E-state index contributed by atoms with van der Waals surface area (Å²) in [6.07, 6.45) is 1.10. The number of rotatable bonds is 4. The van der Waals surface area contributed by atoms with Gasteiger partial charge in [-0.3, -0.25) is 4.98 Å². The third-order valence-corrected chi connectivity index (χ3v) is 5.08. The van der Waals surface area contributed by atoms with Crippen LogP contribution in [0, 0.1) is 5.82 Å². The van der Waals surface area contributed by atoms with Crippen LogP contribution in [0.25, 0.3) is 0 Å². The molecule has 0 aliphatic rings. The van der Waals surface area contributed by atoms with Crippen LogP contribution < -0.4 is 0 Å². The number of nitrogens with zero attached hydrogens (tertiary/aromatic N) is 2. The second kappa shape index (κ2) is 6.39. The van der Waals surface area contributed by atoms with Crippen LogP contribution in [0.5, 0.6) is 0 Å². The van der Waals surface area contributed by atoms with E-state index in [4.69, 9.17) is 11.6 Å². The van der Waals surface area contributed by atoms with Crippen molar-refractivity contribution in [1.82, 2.24) is 9.29 Å². The van der Waals surface area contributed by atoms with Gasteiger partial charge in [0.05, 0.1) is 23.0 Å².